The molecular formula is C23H20N6O4. The Bertz CT molecular complexity index is 1640. The van der Waals surface area contributed by atoms with Crippen LogP contribution in [0.1, 0.15) is 5.69 Å². The number of aryl methyl sites for hydroxylation is 2. The number of imidazole rings is 2. The molecule has 0 aliphatic heterocycles. The third kappa shape index (κ3) is 3.28. The Morgan fingerprint density at radius 3 is 2.36 bits per heavy atom. The molecule has 5 aromatic rings. The van der Waals surface area contributed by atoms with Crippen molar-refractivity contribution in [1.82, 2.24) is 23.1 Å². The zero-order valence-electron chi connectivity index (χ0n) is 17.9. The lowest BCUT2D eigenvalue weighted by Gasteiger charge is -2.09. The number of nitrogens with zero attached hydrogens (tertiary/aromatic N) is 5. The molecule has 166 valence electrons. The highest BCUT2D eigenvalue weighted by atomic mass is 16.5. The highest BCUT2D eigenvalue weighted by Crippen LogP contribution is 2.25. The summed E-state index contributed by atoms with van der Waals surface area (Å²) in [6, 6.07) is 16.9. The number of rotatable bonds is 5. The van der Waals surface area contributed by atoms with Crippen LogP contribution in [0.4, 0.5) is 0 Å². The molecule has 0 atom stereocenters. The second-order valence-electron chi connectivity index (χ2n) is 7.67. The van der Waals surface area contributed by atoms with E-state index in [1.807, 2.05) is 66.1 Å². The van der Waals surface area contributed by atoms with Gasteiger partial charge < -0.3 is 10.5 Å². The second kappa shape index (κ2) is 7.52. The van der Waals surface area contributed by atoms with Crippen LogP contribution >= 0.6 is 0 Å². The van der Waals surface area contributed by atoms with Crippen molar-refractivity contribution in [2.45, 2.75) is 13.5 Å². The molecule has 10 nitrogen and oxygen atoms in total. The molecule has 0 bridgehead atoms. The number of ether oxygens (including phenoxy) is 1. The van der Waals surface area contributed by atoms with Gasteiger partial charge in [-0.2, -0.15) is 4.98 Å². The Hall–Kier alpha value is -4.60. The molecule has 3 heterocycles. The fraction of sp³-hybridized carbons (Fsp3) is 0.130. The third-order valence-electron chi connectivity index (χ3n) is 5.41. The summed E-state index contributed by atoms with van der Waals surface area (Å²) in [4.78, 5) is 41.6. The summed E-state index contributed by atoms with van der Waals surface area (Å²) in [7, 11) is 1.50. The molecule has 0 spiro atoms. The first kappa shape index (κ1) is 20.3. The van der Waals surface area contributed by atoms with Gasteiger partial charge in [0.25, 0.3) is 5.56 Å². The predicted octanol–water partition coefficient (Wildman–Crippen LogP) is 1.72. The van der Waals surface area contributed by atoms with Gasteiger partial charge in [-0.1, -0.05) is 18.2 Å². The molecule has 33 heavy (non-hydrogen) atoms. The van der Waals surface area contributed by atoms with Crippen LogP contribution in [0, 0.1) is 6.92 Å². The van der Waals surface area contributed by atoms with Crippen molar-refractivity contribution in [3.63, 3.8) is 0 Å². The molecule has 10 heteroatoms. The first-order valence-corrected chi connectivity index (χ1v) is 10.2. The number of benzene rings is 2. The minimum absolute atomic E-state index is 0.194. The van der Waals surface area contributed by atoms with Gasteiger partial charge in [0.05, 0.1) is 0 Å². The maximum Gasteiger partial charge on any atom is 0.332 e. The van der Waals surface area contributed by atoms with Gasteiger partial charge in [0.2, 0.25) is 11.7 Å². The minimum Gasteiger partial charge on any atom is -0.457 e. The highest BCUT2D eigenvalue weighted by Gasteiger charge is 2.21. The van der Waals surface area contributed by atoms with E-state index in [-0.39, 0.29) is 11.2 Å². The number of fused-ring (bicyclic) bond motifs is 3. The Kier molecular flexibility index (Phi) is 4.63. The zero-order chi connectivity index (χ0) is 23.3. The largest absolute Gasteiger partial charge is 0.457 e. The minimum atomic E-state index is -0.777. The molecule has 2 N–H and O–H groups in total. The number of hydrogen-bond donors (Lipinski definition) is 1. The van der Waals surface area contributed by atoms with E-state index >= 15 is 0 Å². The summed E-state index contributed by atoms with van der Waals surface area (Å²) in [6.07, 6.45) is 1.76. The second-order valence-corrected chi connectivity index (χ2v) is 7.67. The number of carbonyl (C=O) groups is 1. The summed E-state index contributed by atoms with van der Waals surface area (Å²) in [5.74, 6) is 1.09. The summed E-state index contributed by atoms with van der Waals surface area (Å²) in [5, 5.41) is 0. The van der Waals surface area contributed by atoms with Gasteiger partial charge >= 0.3 is 5.69 Å². The summed E-state index contributed by atoms with van der Waals surface area (Å²) < 4.78 is 11.4. The van der Waals surface area contributed by atoms with E-state index in [1.54, 1.807) is 10.6 Å². The average molecular weight is 444 g/mol. The molecule has 1 amide bonds. The average Bonchev–Trinajstić information content (AvgIpc) is 3.31. The van der Waals surface area contributed by atoms with Crippen LogP contribution in [0.5, 0.6) is 11.5 Å². The number of carbonyl (C=O) groups excluding carboxylic acids is 1. The van der Waals surface area contributed by atoms with E-state index in [1.165, 1.54) is 11.6 Å². The van der Waals surface area contributed by atoms with Gasteiger partial charge in [-0.25, -0.2) is 9.36 Å². The first-order chi connectivity index (χ1) is 15.8. The van der Waals surface area contributed by atoms with Crippen molar-refractivity contribution in [2.75, 3.05) is 0 Å². The summed E-state index contributed by atoms with van der Waals surface area (Å²) in [6.45, 7) is 1.38. The maximum absolute atomic E-state index is 13.0. The monoisotopic (exact) mass is 444 g/mol. The van der Waals surface area contributed by atoms with Crippen LogP contribution in [0.3, 0.4) is 0 Å². The standard InChI is InChI=1S/C23H20N6O4/c1-14-12-27-19-20(26(2)23(32)28(21(19)31)13-18(24)30)25-22(27)29(14)15-8-10-17(11-9-15)33-16-6-4-3-5-7-16/h3-12H,13H2,1-2H3,(H2,24,30). The highest BCUT2D eigenvalue weighted by molar-refractivity contribution is 5.78. The van der Waals surface area contributed by atoms with Gasteiger partial charge in [0.1, 0.15) is 18.0 Å². The molecule has 0 saturated carbocycles. The first-order valence-electron chi connectivity index (χ1n) is 10.2. The number of para-hydroxylation sites is 1. The number of primary amides is 1. The fourth-order valence-corrected chi connectivity index (χ4v) is 3.91. The Labute approximate surface area is 186 Å². The van der Waals surface area contributed by atoms with E-state index in [0.717, 1.165) is 21.7 Å². The van der Waals surface area contributed by atoms with E-state index in [2.05, 4.69) is 4.98 Å². The smallest absolute Gasteiger partial charge is 0.332 e. The summed E-state index contributed by atoms with van der Waals surface area (Å²) >= 11 is 0. The van der Waals surface area contributed by atoms with Gasteiger partial charge in [-0.15, -0.1) is 0 Å². The van der Waals surface area contributed by atoms with Gasteiger partial charge in [-0.05, 0) is 43.3 Å². The van der Waals surface area contributed by atoms with E-state index in [4.69, 9.17) is 10.5 Å². The van der Waals surface area contributed by atoms with E-state index in [0.29, 0.717) is 11.5 Å². The number of nitrogens with two attached hydrogens (primary N) is 1. The molecule has 2 aromatic carbocycles. The van der Waals surface area contributed by atoms with E-state index in [9.17, 15) is 14.4 Å². The Balaban J connectivity index is 1.65. The van der Waals surface area contributed by atoms with Crippen LogP contribution < -0.4 is 21.7 Å². The molecule has 0 unspecified atom stereocenters. The van der Waals surface area contributed by atoms with Crippen LogP contribution in [-0.4, -0.2) is 29.0 Å². The molecule has 3 aromatic heterocycles. The lowest BCUT2D eigenvalue weighted by atomic mass is 10.3. The normalized spacial score (nSPS) is 11.3. The van der Waals surface area contributed by atoms with Crippen molar-refractivity contribution in [2.24, 2.45) is 12.8 Å². The molecule has 0 radical (unpaired) electrons. The maximum atomic E-state index is 13.0. The van der Waals surface area contributed by atoms with Crippen molar-refractivity contribution < 1.29 is 9.53 Å². The topological polar surface area (TPSA) is 119 Å². The number of hydrogen-bond acceptors (Lipinski definition) is 5. The van der Waals surface area contributed by atoms with Crippen LogP contribution in [0.25, 0.3) is 22.6 Å². The molecule has 0 fully saturated rings. The summed E-state index contributed by atoms with van der Waals surface area (Å²) in [5.41, 5.74) is 5.99. The predicted molar refractivity (Wildman–Crippen MR) is 122 cm³/mol. The quantitative estimate of drug-likeness (QED) is 0.443. The zero-order valence-corrected chi connectivity index (χ0v) is 17.9. The molecule has 5 rings (SSSR count). The van der Waals surface area contributed by atoms with Crippen molar-refractivity contribution in [1.29, 1.82) is 0 Å². The molecule has 0 saturated heterocycles. The van der Waals surface area contributed by atoms with Crippen LogP contribution in [0.15, 0.2) is 70.4 Å². The van der Waals surface area contributed by atoms with Crippen LogP contribution in [-0.2, 0) is 18.4 Å². The van der Waals surface area contributed by atoms with Crippen molar-refractivity contribution in [3.05, 3.63) is 87.3 Å². The molecule has 0 aliphatic rings. The van der Waals surface area contributed by atoms with E-state index < -0.39 is 23.7 Å². The van der Waals surface area contributed by atoms with Crippen molar-refractivity contribution in [3.8, 4) is 17.2 Å². The third-order valence-corrected chi connectivity index (χ3v) is 5.41. The van der Waals surface area contributed by atoms with Crippen LogP contribution in [0.2, 0.25) is 0 Å². The molecule has 0 aliphatic carbocycles. The lowest BCUT2D eigenvalue weighted by Crippen LogP contribution is -2.42. The fourth-order valence-electron chi connectivity index (χ4n) is 3.91. The van der Waals surface area contributed by atoms with Gasteiger partial charge in [0.15, 0.2) is 11.2 Å². The molecular weight excluding hydrogens is 424 g/mol. The number of aromatic nitrogens is 5. The number of amides is 1. The van der Waals surface area contributed by atoms with Gasteiger partial charge in [-0.3, -0.25) is 23.1 Å². The Morgan fingerprint density at radius 2 is 1.70 bits per heavy atom. The van der Waals surface area contributed by atoms with Gasteiger partial charge in [0, 0.05) is 24.6 Å². The Morgan fingerprint density at radius 1 is 1.03 bits per heavy atom. The van der Waals surface area contributed by atoms with Crippen molar-refractivity contribution >= 4 is 22.8 Å². The lowest BCUT2D eigenvalue weighted by molar-refractivity contribution is -0.118. The SMILES string of the molecule is Cc1cn2c3c(=O)n(CC(N)=O)c(=O)n(C)c3nc2n1-c1ccc(Oc2ccccc2)cc1.